The normalized spacial score (nSPS) is 22.8. The highest BCUT2D eigenvalue weighted by Crippen LogP contribution is 2.30. The molecule has 1 heterocycles. The summed E-state index contributed by atoms with van der Waals surface area (Å²) in [5.41, 5.74) is 8.89. The minimum absolute atomic E-state index is 0.391. The molecule has 1 aromatic rings. The molecule has 0 bridgehead atoms. The fourth-order valence-electron chi connectivity index (χ4n) is 3.56. The second-order valence-corrected chi connectivity index (χ2v) is 6.58. The minimum atomic E-state index is 0.391. The second kappa shape index (κ2) is 7.24. The molecule has 20 heavy (non-hydrogen) atoms. The molecule has 2 unspecified atom stereocenters. The van der Waals surface area contributed by atoms with Gasteiger partial charge in [-0.1, -0.05) is 38.1 Å². The molecule has 2 N–H and O–H groups in total. The lowest BCUT2D eigenvalue weighted by atomic mass is 9.89. The van der Waals surface area contributed by atoms with Gasteiger partial charge in [0.2, 0.25) is 0 Å². The van der Waals surface area contributed by atoms with Gasteiger partial charge in [-0.3, -0.25) is 4.90 Å². The number of aryl methyl sites for hydroxylation is 1. The first-order valence-electron chi connectivity index (χ1n) is 8.13. The monoisotopic (exact) mass is 274 g/mol. The predicted octanol–water partition coefficient (Wildman–Crippen LogP) is 3.75. The summed E-state index contributed by atoms with van der Waals surface area (Å²) in [6.45, 7) is 10.0. The fraction of sp³-hybridized carbons (Fsp3) is 0.667. The maximum Gasteiger partial charge on any atom is 0.0473 e. The van der Waals surface area contributed by atoms with Crippen LogP contribution in [0, 0.1) is 18.8 Å². The van der Waals surface area contributed by atoms with Crippen LogP contribution >= 0.6 is 0 Å². The van der Waals surface area contributed by atoms with Crippen molar-refractivity contribution in [2.24, 2.45) is 17.6 Å². The van der Waals surface area contributed by atoms with Crippen LogP contribution in [0.25, 0.3) is 0 Å². The lowest BCUT2D eigenvalue weighted by Gasteiger charge is -2.31. The van der Waals surface area contributed by atoms with Gasteiger partial charge in [0.25, 0.3) is 0 Å². The van der Waals surface area contributed by atoms with Crippen molar-refractivity contribution in [1.82, 2.24) is 4.90 Å². The highest BCUT2D eigenvalue weighted by Gasteiger charge is 2.25. The van der Waals surface area contributed by atoms with Gasteiger partial charge in [-0.15, -0.1) is 0 Å². The van der Waals surface area contributed by atoms with E-state index in [1.165, 1.54) is 43.5 Å². The van der Waals surface area contributed by atoms with Crippen LogP contribution in [0.2, 0.25) is 0 Å². The average molecular weight is 274 g/mol. The van der Waals surface area contributed by atoms with E-state index < -0.39 is 0 Å². The van der Waals surface area contributed by atoms with Crippen molar-refractivity contribution < 1.29 is 0 Å². The second-order valence-electron chi connectivity index (χ2n) is 6.58. The molecule has 2 atom stereocenters. The Bertz CT molecular complexity index is 414. The summed E-state index contributed by atoms with van der Waals surface area (Å²) in [7, 11) is 0. The van der Waals surface area contributed by atoms with Crippen LogP contribution in [0.15, 0.2) is 24.3 Å². The standard InChI is InChI=1S/C18H30N2/c1-14(2)16-8-6-11-20(12-10-16)18(13-19)17-9-5-4-7-15(17)3/h4-5,7,9,14,16,18H,6,8,10-13,19H2,1-3H3. The van der Waals surface area contributed by atoms with Gasteiger partial charge >= 0.3 is 0 Å². The van der Waals surface area contributed by atoms with Crippen LogP contribution in [-0.4, -0.2) is 24.5 Å². The summed E-state index contributed by atoms with van der Waals surface area (Å²) >= 11 is 0. The molecule has 1 fully saturated rings. The van der Waals surface area contributed by atoms with Crippen molar-refractivity contribution >= 4 is 0 Å². The van der Waals surface area contributed by atoms with Crippen LogP contribution in [0.4, 0.5) is 0 Å². The molecule has 1 aromatic carbocycles. The molecule has 0 aromatic heterocycles. The Morgan fingerprint density at radius 1 is 1.20 bits per heavy atom. The van der Waals surface area contributed by atoms with E-state index in [4.69, 9.17) is 5.73 Å². The first-order valence-corrected chi connectivity index (χ1v) is 8.13. The molecule has 1 saturated heterocycles. The average Bonchev–Trinajstić information content (AvgIpc) is 2.68. The van der Waals surface area contributed by atoms with Gasteiger partial charge in [-0.25, -0.2) is 0 Å². The first kappa shape index (κ1) is 15.5. The summed E-state index contributed by atoms with van der Waals surface area (Å²) < 4.78 is 0. The lowest BCUT2D eigenvalue weighted by molar-refractivity contribution is 0.203. The zero-order valence-corrected chi connectivity index (χ0v) is 13.3. The van der Waals surface area contributed by atoms with Crippen molar-refractivity contribution in [2.75, 3.05) is 19.6 Å². The molecule has 0 radical (unpaired) electrons. The molecule has 112 valence electrons. The van der Waals surface area contributed by atoms with Gasteiger partial charge in [0.05, 0.1) is 0 Å². The van der Waals surface area contributed by atoms with Crippen LogP contribution in [0.3, 0.4) is 0 Å². The van der Waals surface area contributed by atoms with E-state index in [0.717, 1.165) is 18.4 Å². The predicted molar refractivity (Wildman–Crippen MR) is 86.7 cm³/mol. The maximum absolute atomic E-state index is 6.11. The first-order chi connectivity index (χ1) is 9.63. The van der Waals surface area contributed by atoms with Gasteiger partial charge in [-0.2, -0.15) is 0 Å². The summed E-state index contributed by atoms with van der Waals surface area (Å²) in [5.74, 6) is 1.69. The van der Waals surface area contributed by atoms with Crippen molar-refractivity contribution in [3.05, 3.63) is 35.4 Å². The Kier molecular flexibility index (Phi) is 5.62. The molecule has 2 rings (SSSR count). The molecule has 0 amide bonds. The highest BCUT2D eigenvalue weighted by atomic mass is 15.2. The number of benzene rings is 1. The van der Waals surface area contributed by atoms with Gasteiger partial charge in [0.1, 0.15) is 0 Å². The van der Waals surface area contributed by atoms with E-state index in [9.17, 15) is 0 Å². The van der Waals surface area contributed by atoms with Crippen LogP contribution < -0.4 is 5.73 Å². The number of likely N-dealkylation sites (tertiary alicyclic amines) is 1. The summed E-state index contributed by atoms with van der Waals surface area (Å²) in [4.78, 5) is 2.62. The van der Waals surface area contributed by atoms with E-state index >= 15 is 0 Å². The Morgan fingerprint density at radius 3 is 2.60 bits per heavy atom. The fourth-order valence-corrected chi connectivity index (χ4v) is 3.56. The van der Waals surface area contributed by atoms with E-state index in [1.807, 2.05) is 0 Å². The molecule has 2 heteroatoms. The summed E-state index contributed by atoms with van der Waals surface area (Å²) in [5, 5.41) is 0. The van der Waals surface area contributed by atoms with Crippen molar-refractivity contribution in [2.45, 2.75) is 46.1 Å². The third kappa shape index (κ3) is 3.62. The molecule has 0 spiro atoms. The Labute approximate surface area is 124 Å². The number of nitrogens with two attached hydrogens (primary N) is 1. The molecule has 0 aliphatic carbocycles. The van der Waals surface area contributed by atoms with Gasteiger partial charge in [0.15, 0.2) is 0 Å². The molecule has 1 aliphatic heterocycles. The zero-order valence-electron chi connectivity index (χ0n) is 13.3. The van der Waals surface area contributed by atoms with Crippen LogP contribution in [-0.2, 0) is 0 Å². The molecule has 1 aliphatic rings. The third-order valence-electron chi connectivity index (χ3n) is 4.96. The molecular formula is C18H30N2. The van der Waals surface area contributed by atoms with Gasteiger partial charge in [-0.05, 0) is 62.2 Å². The number of nitrogens with zero attached hydrogens (tertiary/aromatic N) is 1. The minimum Gasteiger partial charge on any atom is -0.329 e. The van der Waals surface area contributed by atoms with Crippen molar-refractivity contribution in [3.8, 4) is 0 Å². The topological polar surface area (TPSA) is 29.3 Å². The quantitative estimate of drug-likeness (QED) is 0.906. The third-order valence-corrected chi connectivity index (χ3v) is 4.96. The number of rotatable bonds is 4. The molecular weight excluding hydrogens is 244 g/mol. The van der Waals surface area contributed by atoms with E-state index in [0.29, 0.717) is 6.04 Å². The Morgan fingerprint density at radius 2 is 1.95 bits per heavy atom. The molecule has 2 nitrogen and oxygen atoms in total. The van der Waals surface area contributed by atoms with Crippen LogP contribution in [0.1, 0.15) is 50.3 Å². The summed E-state index contributed by atoms with van der Waals surface area (Å²) in [6, 6.07) is 9.09. The SMILES string of the molecule is Cc1ccccc1C(CN)N1CCCC(C(C)C)CC1. The lowest BCUT2D eigenvalue weighted by Crippen LogP contribution is -2.35. The molecule has 0 saturated carbocycles. The van der Waals surface area contributed by atoms with E-state index in [-0.39, 0.29) is 0 Å². The highest BCUT2D eigenvalue weighted by molar-refractivity contribution is 5.29. The Balaban J connectivity index is 2.10. The van der Waals surface area contributed by atoms with Crippen LogP contribution in [0.5, 0.6) is 0 Å². The van der Waals surface area contributed by atoms with Gasteiger partial charge < -0.3 is 5.73 Å². The largest absolute Gasteiger partial charge is 0.329 e. The zero-order chi connectivity index (χ0) is 14.5. The number of hydrogen-bond acceptors (Lipinski definition) is 2. The van der Waals surface area contributed by atoms with Crippen molar-refractivity contribution in [1.29, 1.82) is 0 Å². The number of hydrogen-bond donors (Lipinski definition) is 1. The van der Waals surface area contributed by atoms with E-state index in [2.05, 4.69) is 49.9 Å². The maximum atomic E-state index is 6.11. The summed E-state index contributed by atoms with van der Waals surface area (Å²) in [6.07, 6.45) is 4.00. The van der Waals surface area contributed by atoms with Crippen molar-refractivity contribution in [3.63, 3.8) is 0 Å². The van der Waals surface area contributed by atoms with Gasteiger partial charge in [0, 0.05) is 12.6 Å². The smallest absolute Gasteiger partial charge is 0.0473 e. The van der Waals surface area contributed by atoms with E-state index in [1.54, 1.807) is 0 Å². The Hall–Kier alpha value is -0.860.